The number of sulfonamides is 1. The van der Waals surface area contributed by atoms with E-state index in [4.69, 9.17) is 5.26 Å². The number of benzene rings is 1. The van der Waals surface area contributed by atoms with Crippen LogP contribution in [0.5, 0.6) is 0 Å². The summed E-state index contributed by atoms with van der Waals surface area (Å²) in [4.78, 5) is 24.0. The van der Waals surface area contributed by atoms with Crippen LogP contribution in [0.1, 0.15) is 12.0 Å². The van der Waals surface area contributed by atoms with Crippen molar-refractivity contribution in [1.82, 2.24) is 19.0 Å². The van der Waals surface area contributed by atoms with Crippen LogP contribution in [0.3, 0.4) is 0 Å². The second kappa shape index (κ2) is 8.38. The van der Waals surface area contributed by atoms with Crippen molar-refractivity contribution in [1.29, 1.82) is 5.26 Å². The summed E-state index contributed by atoms with van der Waals surface area (Å²) in [6, 6.07) is 7.90. The van der Waals surface area contributed by atoms with Gasteiger partial charge in [-0.3, -0.25) is 19.6 Å². The number of carbonyl (C=O) groups is 1. The number of nitriles is 1. The van der Waals surface area contributed by atoms with Gasteiger partial charge in [0.2, 0.25) is 15.9 Å². The molecule has 1 fully saturated rings. The van der Waals surface area contributed by atoms with E-state index >= 15 is 0 Å². The van der Waals surface area contributed by atoms with Crippen LogP contribution in [-0.4, -0.2) is 64.4 Å². The highest BCUT2D eigenvalue weighted by molar-refractivity contribution is 7.89. The molecule has 1 aromatic carbocycles. The van der Waals surface area contributed by atoms with Gasteiger partial charge in [-0.15, -0.1) is 0 Å². The first-order valence-corrected chi connectivity index (χ1v) is 10.2. The highest BCUT2D eigenvalue weighted by atomic mass is 32.2. The average molecular weight is 418 g/mol. The molecule has 1 amide bonds. The number of piperazine rings is 1. The van der Waals surface area contributed by atoms with Gasteiger partial charge in [0.15, 0.2) is 0 Å². The third-order valence-corrected chi connectivity index (χ3v) is 6.56. The van der Waals surface area contributed by atoms with Crippen molar-refractivity contribution in [3.05, 3.63) is 52.3 Å². The molecule has 0 aliphatic carbocycles. The Kier molecular flexibility index (Phi) is 5.90. The Morgan fingerprint density at radius 3 is 2.55 bits per heavy atom. The van der Waals surface area contributed by atoms with Gasteiger partial charge in [-0.1, -0.05) is 12.1 Å². The molecule has 0 unspecified atom stereocenters. The Labute approximate surface area is 166 Å². The molecule has 29 heavy (non-hydrogen) atoms. The average Bonchev–Trinajstić information content (AvgIpc) is 3.21. The summed E-state index contributed by atoms with van der Waals surface area (Å²) in [5.41, 5.74) is -0.0618. The van der Waals surface area contributed by atoms with Gasteiger partial charge in [-0.2, -0.15) is 14.7 Å². The molecule has 12 heteroatoms. The fraction of sp³-hybridized carbons (Fsp3) is 0.353. The first-order valence-electron chi connectivity index (χ1n) is 8.77. The molecule has 0 atom stereocenters. The molecule has 3 rings (SSSR count). The summed E-state index contributed by atoms with van der Waals surface area (Å²) in [6.45, 7) is 0.904. The fourth-order valence-corrected chi connectivity index (χ4v) is 4.60. The van der Waals surface area contributed by atoms with Crippen molar-refractivity contribution >= 4 is 21.6 Å². The maximum atomic E-state index is 12.8. The Morgan fingerprint density at radius 1 is 1.24 bits per heavy atom. The van der Waals surface area contributed by atoms with Crippen LogP contribution in [-0.2, 0) is 21.4 Å². The monoisotopic (exact) mass is 418 g/mol. The summed E-state index contributed by atoms with van der Waals surface area (Å²) in [5, 5.41) is 23.6. The van der Waals surface area contributed by atoms with Crippen molar-refractivity contribution in [3.8, 4) is 6.07 Å². The number of nitrogens with zero attached hydrogens (tertiary/aromatic N) is 6. The number of amides is 1. The van der Waals surface area contributed by atoms with Gasteiger partial charge < -0.3 is 4.90 Å². The van der Waals surface area contributed by atoms with Crippen molar-refractivity contribution < 1.29 is 18.1 Å². The normalized spacial score (nSPS) is 15.1. The van der Waals surface area contributed by atoms with Crippen LogP contribution in [0.4, 0.5) is 5.69 Å². The van der Waals surface area contributed by atoms with Gasteiger partial charge in [0.25, 0.3) is 0 Å². The third-order valence-electron chi connectivity index (χ3n) is 4.60. The smallest absolute Gasteiger partial charge is 0.306 e. The van der Waals surface area contributed by atoms with Crippen molar-refractivity contribution in [2.45, 2.75) is 17.9 Å². The Hall–Kier alpha value is -3.30. The minimum absolute atomic E-state index is 0.0393. The molecular weight excluding hydrogens is 400 g/mol. The maximum Gasteiger partial charge on any atom is 0.306 e. The molecule has 0 bridgehead atoms. The number of hydrogen-bond acceptors (Lipinski definition) is 7. The zero-order chi connectivity index (χ0) is 21.0. The number of nitro groups is 1. The van der Waals surface area contributed by atoms with E-state index in [1.165, 1.54) is 27.3 Å². The fourth-order valence-electron chi connectivity index (χ4n) is 3.04. The summed E-state index contributed by atoms with van der Waals surface area (Å²) in [7, 11) is -3.82. The predicted molar refractivity (Wildman–Crippen MR) is 100.0 cm³/mol. The zero-order valence-electron chi connectivity index (χ0n) is 15.3. The maximum absolute atomic E-state index is 12.8. The molecule has 2 aromatic rings. The number of aryl methyl sites for hydroxylation is 1. The second-order valence-electron chi connectivity index (χ2n) is 6.36. The topological polar surface area (TPSA) is 142 Å². The van der Waals surface area contributed by atoms with E-state index < -0.39 is 14.9 Å². The molecule has 0 saturated carbocycles. The van der Waals surface area contributed by atoms with Crippen molar-refractivity contribution in [2.75, 3.05) is 26.2 Å². The molecule has 1 aliphatic rings. The first-order chi connectivity index (χ1) is 13.8. The Balaban J connectivity index is 1.57. The highest BCUT2D eigenvalue weighted by Crippen LogP contribution is 2.21. The predicted octanol–water partition coefficient (Wildman–Crippen LogP) is 0.586. The summed E-state index contributed by atoms with van der Waals surface area (Å²) in [6.07, 6.45) is 2.47. The zero-order valence-corrected chi connectivity index (χ0v) is 16.2. The SMILES string of the molecule is N#Cc1ccccc1S(=O)(=O)N1CCN(C(=O)CCn2cc([N+](=O)[O-])cn2)CC1. The van der Waals surface area contributed by atoms with Crippen LogP contribution in [0.2, 0.25) is 0 Å². The molecule has 0 N–H and O–H groups in total. The summed E-state index contributed by atoms with van der Waals surface area (Å²) >= 11 is 0. The lowest BCUT2D eigenvalue weighted by Gasteiger charge is -2.34. The van der Waals surface area contributed by atoms with Gasteiger partial charge in [0.1, 0.15) is 18.5 Å². The van der Waals surface area contributed by atoms with Crippen LogP contribution in [0.15, 0.2) is 41.6 Å². The summed E-state index contributed by atoms with van der Waals surface area (Å²) < 4.78 is 28.2. The third kappa shape index (κ3) is 4.41. The minimum Gasteiger partial charge on any atom is -0.340 e. The van der Waals surface area contributed by atoms with E-state index in [1.807, 2.05) is 6.07 Å². The van der Waals surface area contributed by atoms with Crippen LogP contribution in [0, 0.1) is 21.4 Å². The van der Waals surface area contributed by atoms with Crippen LogP contribution in [0.25, 0.3) is 0 Å². The standard InChI is InChI=1S/C17H18N6O5S/c18-11-14-3-1-2-4-16(14)29(27,28)22-9-7-20(8-10-22)17(24)5-6-21-13-15(12-19-21)23(25)26/h1-4,12-13H,5-10H2. The second-order valence-corrected chi connectivity index (χ2v) is 8.27. The number of carbonyl (C=O) groups excluding carboxylic acids is 1. The number of hydrogen-bond donors (Lipinski definition) is 0. The van der Waals surface area contributed by atoms with E-state index in [-0.39, 0.29) is 61.2 Å². The molecule has 152 valence electrons. The molecule has 1 saturated heterocycles. The molecule has 0 radical (unpaired) electrons. The first kappa shape index (κ1) is 20.4. The molecule has 11 nitrogen and oxygen atoms in total. The largest absolute Gasteiger partial charge is 0.340 e. The lowest BCUT2D eigenvalue weighted by atomic mass is 10.2. The lowest BCUT2D eigenvalue weighted by Crippen LogP contribution is -2.50. The lowest BCUT2D eigenvalue weighted by molar-refractivity contribution is -0.385. The van der Waals surface area contributed by atoms with Gasteiger partial charge >= 0.3 is 5.69 Å². The van der Waals surface area contributed by atoms with E-state index in [9.17, 15) is 23.3 Å². The van der Waals surface area contributed by atoms with E-state index in [2.05, 4.69) is 5.10 Å². The van der Waals surface area contributed by atoms with E-state index in [0.29, 0.717) is 0 Å². The molecule has 1 aromatic heterocycles. The Bertz CT molecular complexity index is 1070. The molecule has 0 spiro atoms. The summed E-state index contributed by atoms with van der Waals surface area (Å²) in [5.74, 6) is -0.183. The van der Waals surface area contributed by atoms with E-state index in [1.54, 1.807) is 17.0 Å². The van der Waals surface area contributed by atoms with Gasteiger partial charge in [-0.05, 0) is 12.1 Å². The molecule has 1 aliphatic heterocycles. The quantitative estimate of drug-likeness (QED) is 0.493. The number of aromatic nitrogens is 2. The van der Waals surface area contributed by atoms with Crippen LogP contribution < -0.4 is 0 Å². The molecule has 2 heterocycles. The van der Waals surface area contributed by atoms with E-state index in [0.717, 1.165) is 6.20 Å². The van der Waals surface area contributed by atoms with Crippen molar-refractivity contribution in [2.24, 2.45) is 0 Å². The molecular formula is C17H18N6O5S. The van der Waals surface area contributed by atoms with Crippen molar-refractivity contribution in [3.63, 3.8) is 0 Å². The van der Waals surface area contributed by atoms with Gasteiger partial charge in [0, 0.05) is 39.1 Å². The van der Waals surface area contributed by atoms with Crippen LogP contribution >= 0.6 is 0 Å². The Morgan fingerprint density at radius 2 is 1.93 bits per heavy atom. The number of rotatable bonds is 6. The van der Waals surface area contributed by atoms with Gasteiger partial charge in [0.05, 0.1) is 15.4 Å². The van der Waals surface area contributed by atoms with Gasteiger partial charge in [-0.25, -0.2) is 8.42 Å². The minimum atomic E-state index is -3.82. The highest BCUT2D eigenvalue weighted by Gasteiger charge is 2.31.